The molecule has 0 spiro atoms. The van der Waals surface area contributed by atoms with E-state index in [9.17, 15) is 0 Å². The molecule has 0 fully saturated rings. The Bertz CT molecular complexity index is 150. The van der Waals surface area contributed by atoms with Crippen LogP contribution in [0.3, 0.4) is 0 Å². The lowest BCUT2D eigenvalue weighted by Gasteiger charge is -2.29. The Morgan fingerprint density at radius 1 is 0.857 bits per heavy atom. The molecule has 0 heterocycles. The van der Waals surface area contributed by atoms with E-state index in [4.69, 9.17) is 9.78 Å². The number of hydrogen-bond acceptors (Lipinski definition) is 2. The SMILES string of the molecule is CCCCC(C)(C)OOC(C)(C)CC. The third kappa shape index (κ3) is 6.39. The highest BCUT2D eigenvalue weighted by Crippen LogP contribution is 2.23. The molecule has 0 unspecified atom stereocenters. The zero-order valence-corrected chi connectivity index (χ0v) is 10.6. The van der Waals surface area contributed by atoms with Crippen molar-refractivity contribution in [3.63, 3.8) is 0 Å². The van der Waals surface area contributed by atoms with Crippen molar-refractivity contribution in [2.75, 3.05) is 0 Å². The largest absolute Gasteiger partial charge is 0.230 e. The Morgan fingerprint density at radius 3 is 1.79 bits per heavy atom. The molecule has 0 N–H and O–H groups in total. The van der Waals surface area contributed by atoms with Gasteiger partial charge < -0.3 is 0 Å². The summed E-state index contributed by atoms with van der Waals surface area (Å²) < 4.78 is 0. The molecule has 0 aliphatic carbocycles. The molecule has 0 rings (SSSR count). The fourth-order valence-electron chi connectivity index (χ4n) is 0.929. The lowest BCUT2D eigenvalue weighted by atomic mass is 10.0. The van der Waals surface area contributed by atoms with Crippen molar-refractivity contribution in [1.29, 1.82) is 0 Å². The van der Waals surface area contributed by atoms with Gasteiger partial charge >= 0.3 is 0 Å². The van der Waals surface area contributed by atoms with Gasteiger partial charge in [0.15, 0.2) is 0 Å². The molecule has 0 aromatic heterocycles. The fraction of sp³-hybridized carbons (Fsp3) is 1.00. The van der Waals surface area contributed by atoms with Crippen molar-refractivity contribution >= 4 is 0 Å². The second-order valence-corrected chi connectivity index (χ2v) is 5.14. The predicted molar refractivity (Wildman–Crippen MR) is 60.1 cm³/mol. The van der Waals surface area contributed by atoms with Crippen LogP contribution in [-0.4, -0.2) is 11.2 Å². The summed E-state index contributed by atoms with van der Waals surface area (Å²) in [7, 11) is 0. The first-order valence-corrected chi connectivity index (χ1v) is 5.70. The lowest BCUT2D eigenvalue weighted by molar-refractivity contribution is -0.402. The average molecular weight is 202 g/mol. The minimum absolute atomic E-state index is 0.164. The standard InChI is InChI=1S/C12H26O2/c1-7-9-10-12(5,6)14-13-11(3,4)8-2/h7-10H2,1-6H3. The first-order valence-electron chi connectivity index (χ1n) is 5.70. The summed E-state index contributed by atoms with van der Waals surface area (Å²) >= 11 is 0. The molecule has 2 heteroatoms. The van der Waals surface area contributed by atoms with Crippen molar-refractivity contribution < 1.29 is 9.78 Å². The van der Waals surface area contributed by atoms with Crippen molar-refractivity contribution in [2.45, 2.75) is 78.4 Å². The van der Waals surface area contributed by atoms with Gasteiger partial charge in [-0.1, -0.05) is 26.7 Å². The Balaban J connectivity index is 3.85. The molecule has 0 aromatic carbocycles. The van der Waals surface area contributed by atoms with Crippen LogP contribution in [0.4, 0.5) is 0 Å². The van der Waals surface area contributed by atoms with E-state index in [1.807, 2.05) is 13.8 Å². The van der Waals surface area contributed by atoms with Crippen LogP contribution in [0, 0.1) is 0 Å². The van der Waals surface area contributed by atoms with E-state index < -0.39 is 0 Å². The highest BCUT2D eigenvalue weighted by Gasteiger charge is 2.24. The van der Waals surface area contributed by atoms with Gasteiger partial charge in [0, 0.05) is 0 Å². The highest BCUT2D eigenvalue weighted by molar-refractivity contribution is 4.68. The summed E-state index contributed by atoms with van der Waals surface area (Å²) in [4.78, 5) is 10.9. The van der Waals surface area contributed by atoms with Crippen molar-refractivity contribution in [3.05, 3.63) is 0 Å². The summed E-state index contributed by atoms with van der Waals surface area (Å²) in [6.45, 7) is 12.5. The van der Waals surface area contributed by atoms with Gasteiger partial charge in [0.1, 0.15) is 0 Å². The molecule has 0 amide bonds. The number of hydrogen-bond donors (Lipinski definition) is 0. The van der Waals surface area contributed by atoms with Crippen LogP contribution in [0.2, 0.25) is 0 Å². The maximum atomic E-state index is 5.49. The van der Waals surface area contributed by atoms with E-state index in [0.717, 1.165) is 12.8 Å². The van der Waals surface area contributed by atoms with Crippen LogP contribution in [0.5, 0.6) is 0 Å². The molecule has 0 aliphatic rings. The zero-order valence-electron chi connectivity index (χ0n) is 10.6. The summed E-state index contributed by atoms with van der Waals surface area (Å²) in [6.07, 6.45) is 4.38. The molecule has 2 nitrogen and oxygen atoms in total. The molecule has 14 heavy (non-hydrogen) atoms. The van der Waals surface area contributed by atoms with Gasteiger partial charge in [-0.3, -0.25) is 0 Å². The first-order chi connectivity index (χ1) is 6.33. The van der Waals surface area contributed by atoms with Gasteiger partial charge in [0.25, 0.3) is 0 Å². The van der Waals surface area contributed by atoms with Crippen LogP contribution >= 0.6 is 0 Å². The Morgan fingerprint density at radius 2 is 1.36 bits per heavy atom. The third-order valence-corrected chi connectivity index (χ3v) is 2.48. The van der Waals surface area contributed by atoms with E-state index in [1.54, 1.807) is 0 Å². The molecule has 0 atom stereocenters. The van der Waals surface area contributed by atoms with Gasteiger partial charge in [-0.05, 0) is 40.5 Å². The summed E-state index contributed by atoms with van der Waals surface area (Å²) in [5, 5.41) is 0. The molecule has 86 valence electrons. The van der Waals surface area contributed by atoms with Gasteiger partial charge in [-0.25, -0.2) is 9.78 Å². The fourth-order valence-corrected chi connectivity index (χ4v) is 0.929. The lowest BCUT2D eigenvalue weighted by Crippen LogP contribution is -2.32. The average Bonchev–Trinajstić information content (AvgIpc) is 2.12. The van der Waals surface area contributed by atoms with E-state index in [1.165, 1.54) is 12.8 Å². The van der Waals surface area contributed by atoms with E-state index in [-0.39, 0.29) is 11.2 Å². The second kappa shape index (κ2) is 5.72. The van der Waals surface area contributed by atoms with Crippen molar-refractivity contribution in [3.8, 4) is 0 Å². The molecular formula is C12H26O2. The zero-order chi connectivity index (χ0) is 11.2. The van der Waals surface area contributed by atoms with E-state index in [0.29, 0.717) is 0 Å². The minimum Gasteiger partial charge on any atom is -0.230 e. The summed E-state index contributed by atoms with van der Waals surface area (Å²) in [6, 6.07) is 0. The van der Waals surface area contributed by atoms with Gasteiger partial charge in [-0.15, -0.1) is 0 Å². The highest BCUT2D eigenvalue weighted by atomic mass is 17.2. The molecule has 0 saturated carbocycles. The number of rotatable bonds is 7. The predicted octanol–water partition coefficient (Wildman–Crippen LogP) is 4.09. The quantitative estimate of drug-likeness (QED) is 0.457. The topological polar surface area (TPSA) is 18.5 Å². The smallest absolute Gasteiger partial charge is 0.0980 e. The molecule has 0 radical (unpaired) electrons. The first kappa shape index (κ1) is 13.9. The van der Waals surface area contributed by atoms with Crippen molar-refractivity contribution in [2.24, 2.45) is 0 Å². The van der Waals surface area contributed by atoms with Gasteiger partial charge in [-0.2, -0.15) is 0 Å². The van der Waals surface area contributed by atoms with Gasteiger partial charge in [0.2, 0.25) is 0 Å². The van der Waals surface area contributed by atoms with Crippen LogP contribution < -0.4 is 0 Å². The molecule has 0 bridgehead atoms. The van der Waals surface area contributed by atoms with Crippen LogP contribution in [0.1, 0.15) is 67.2 Å². The molecule has 0 aromatic rings. The summed E-state index contributed by atoms with van der Waals surface area (Å²) in [5.74, 6) is 0. The maximum absolute atomic E-state index is 5.49. The third-order valence-electron chi connectivity index (χ3n) is 2.48. The van der Waals surface area contributed by atoms with Crippen LogP contribution in [-0.2, 0) is 9.78 Å². The van der Waals surface area contributed by atoms with Crippen LogP contribution in [0.25, 0.3) is 0 Å². The molecular weight excluding hydrogens is 176 g/mol. The summed E-state index contributed by atoms with van der Waals surface area (Å²) in [5.41, 5.74) is -0.341. The Kier molecular flexibility index (Phi) is 5.68. The second-order valence-electron chi connectivity index (χ2n) is 5.14. The minimum atomic E-state index is -0.177. The Hall–Kier alpha value is -0.0800. The van der Waals surface area contributed by atoms with Crippen molar-refractivity contribution in [1.82, 2.24) is 0 Å². The maximum Gasteiger partial charge on any atom is 0.0980 e. The molecule has 0 aliphatic heterocycles. The molecule has 0 saturated heterocycles. The van der Waals surface area contributed by atoms with Gasteiger partial charge in [0.05, 0.1) is 11.2 Å². The monoisotopic (exact) mass is 202 g/mol. The van der Waals surface area contributed by atoms with E-state index >= 15 is 0 Å². The Labute approximate surface area is 88.9 Å². The normalized spacial score (nSPS) is 13.3. The number of unbranched alkanes of at least 4 members (excludes halogenated alkanes) is 1. The van der Waals surface area contributed by atoms with Crippen LogP contribution in [0.15, 0.2) is 0 Å². The van der Waals surface area contributed by atoms with E-state index in [2.05, 4.69) is 27.7 Å².